The number of ether oxygens (including phenoxy) is 1. The number of carbonyl (C=O) groups excluding carboxylic acids is 1. The van der Waals surface area contributed by atoms with Crippen LogP contribution in [0.2, 0.25) is 0 Å². The summed E-state index contributed by atoms with van der Waals surface area (Å²) in [5, 5.41) is 4.14. The minimum atomic E-state index is -0.534. The Morgan fingerprint density at radius 1 is 1.50 bits per heavy atom. The minimum absolute atomic E-state index is 0.140. The highest BCUT2D eigenvalue weighted by Gasteiger charge is 2.59. The van der Waals surface area contributed by atoms with E-state index in [9.17, 15) is 4.79 Å². The summed E-state index contributed by atoms with van der Waals surface area (Å²) in [5.74, 6) is 0.0695. The standard InChI is InChI=1S/C15H24N2O3/c1-6-15(14(18)19-4)9-11-12(17(15)7-2)8-10(3)13(11)16-20-5/h11-12H,3,6-9H2,1-2,4-5H3/b16-13+. The average Bonchev–Trinajstić information content (AvgIpc) is 2.92. The molecule has 0 aromatic rings. The van der Waals surface area contributed by atoms with E-state index >= 15 is 0 Å². The van der Waals surface area contributed by atoms with E-state index in [0.29, 0.717) is 0 Å². The van der Waals surface area contributed by atoms with Crippen molar-refractivity contribution in [1.29, 1.82) is 0 Å². The fraction of sp³-hybridized carbons (Fsp3) is 0.733. The van der Waals surface area contributed by atoms with Crippen molar-refractivity contribution in [3.63, 3.8) is 0 Å². The van der Waals surface area contributed by atoms with Crippen molar-refractivity contribution in [3.8, 4) is 0 Å². The van der Waals surface area contributed by atoms with Crippen molar-refractivity contribution in [3.05, 3.63) is 12.2 Å². The second kappa shape index (κ2) is 5.56. The van der Waals surface area contributed by atoms with Crippen LogP contribution in [-0.2, 0) is 14.4 Å². The quantitative estimate of drug-likeness (QED) is 0.583. The monoisotopic (exact) mass is 280 g/mol. The topological polar surface area (TPSA) is 51.1 Å². The molecule has 0 spiro atoms. The highest BCUT2D eigenvalue weighted by molar-refractivity contribution is 6.05. The first-order valence-electron chi connectivity index (χ1n) is 7.20. The fourth-order valence-electron chi connectivity index (χ4n) is 3.95. The maximum absolute atomic E-state index is 12.4. The highest BCUT2D eigenvalue weighted by atomic mass is 16.6. The second-order valence-electron chi connectivity index (χ2n) is 5.51. The summed E-state index contributed by atoms with van der Waals surface area (Å²) < 4.78 is 5.07. The fourth-order valence-corrected chi connectivity index (χ4v) is 3.95. The lowest BCUT2D eigenvalue weighted by Gasteiger charge is -2.37. The second-order valence-corrected chi connectivity index (χ2v) is 5.51. The lowest BCUT2D eigenvalue weighted by Crippen LogP contribution is -2.53. The third kappa shape index (κ3) is 1.95. The van der Waals surface area contributed by atoms with Gasteiger partial charge < -0.3 is 9.57 Å². The van der Waals surface area contributed by atoms with E-state index in [4.69, 9.17) is 9.57 Å². The van der Waals surface area contributed by atoms with E-state index in [1.165, 1.54) is 7.11 Å². The van der Waals surface area contributed by atoms with Crippen molar-refractivity contribution in [2.24, 2.45) is 11.1 Å². The Balaban J connectivity index is 2.40. The molecule has 2 fully saturated rings. The third-order valence-electron chi connectivity index (χ3n) is 4.82. The number of carbonyl (C=O) groups is 1. The first-order valence-corrected chi connectivity index (χ1v) is 7.20. The zero-order chi connectivity index (χ0) is 14.9. The van der Waals surface area contributed by atoms with Crippen LogP contribution in [0.15, 0.2) is 17.3 Å². The number of hydrogen-bond acceptors (Lipinski definition) is 5. The van der Waals surface area contributed by atoms with Crippen molar-refractivity contribution in [1.82, 2.24) is 4.90 Å². The van der Waals surface area contributed by atoms with Crippen LogP contribution in [0.3, 0.4) is 0 Å². The molecular weight excluding hydrogens is 256 g/mol. The van der Waals surface area contributed by atoms with E-state index in [-0.39, 0.29) is 17.9 Å². The van der Waals surface area contributed by atoms with Crippen LogP contribution >= 0.6 is 0 Å². The summed E-state index contributed by atoms with van der Waals surface area (Å²) in [6, 6.07) is 0.278. The lowest BCUT2D eigenvalue weighted by atomic mass is 9.87. The Bertz CT molecular complexity index is 446. The van der Waals surface area contributed by atoms with Crippen LogP contribution < -0.4 is 0 Å². The van der Waals surface area contributed by atoms with Crippen molar-refractivity contribution in [2.75, 3.05) is 20.8 Å². The molecule has 0 amide bonds. The molecule has 2 rings (SSSR count). The van der Waals surface area contributed by atoms with Gasteiger partial charge in [-0.3, -0.25) is 9.69 Å². The Labute approximate surface area is 120 Å². The van der Waals surface area contributed by atoms with Crippen LogP contribution in [-0.4, -0.2) is 48.9 Å². The smallest absolute Gasteiger partial charge is 0.326 e. The van der Waals surface area contributed by atoms with Gasteiger partial charge in [-0.2, -0.15) is 0 Å². The van der Waals surface area contributed by atoms with E-state index < -0.39 is 5.54 Å². The number of nitrogens with zero attached hydrogens (tertiary/aromatic N) is 2. The van der Waals surface area contributed by atoms with E-state index in [1.54, 1.807) is 7.11 Å². The summed E-state index contributed by atoms with van der Waals surface area (Å²) in [5.41, 5.74) is 1.40. The molecule has 2 aliphatic rings. The van der Waals surface area contributed by atoms with E-state index in [1.807, 2.05) is 6.92 Å². The van der Waals surface area contributed by atoms with Crippen LogP contribution in [0.5, 0.6) is 0 Å². The van der Waals surface area contributed by atoms with Gasteiger partial charge in [0.25, 0.3) is 0 Å². The molecular formula is C15H24N2O3. The summed E-state index contributed by atoms with van der Waals surface area (Å²) in [6.45, 7) is 9.04. The SMILES string of the molecule is C=C1CC2C(CC(CC)(C(=O)OC)N2CC)/C1=N/OC. The Morgan fingerprint density at radius 3 is 2.70 bits per heavy atom. The van der Waals surface area contributed by atoms with Gasteiger partial charge in [-0.05, 0) is 31.4 Å². The predicted octanol–water partition coefficient (Wildman–Crippen LogP) is 1.98. The van der Waals surface area contributed by atoms with Crippen molar-refractivity contribution < 1.29 is 14.4 Å². The van der Waals surface area contributed by atoms with Gasteiger partial charge >= 0.3 is 5.97 Å². The van der Waals surface area contributed by atoms with Gasteiger partial charge in [0.05, 0.1) is 12.8 Å². The molecule has 5 heteroatoms. The molecule has 5 nitrogen and oxygen atoms in total. The van der Waals surface area contributed by atoms with Gasteiger partial charge in [-0.15, -0.1) is 0 Å². The molecule has 0 radical (unpaired) electrons. The first kappa shape index (κ1) is 15.0. The third-order valence-corrected chi connectivity index (χ3v) is 4.82. The molecule has 0 bridgehead atoms. The molecule has 1 saturated carbocycles. The summed E-state index contributed by atoms with van der Waals surface area (Å²) in [4.78, 5) is 19.6. The maximum atomic E-state index is 12.4. The molecule has 112 valence electrons. The zero-order valence-corrected chi connectivity index (χ0v) is 12.8. The highest BCUT2D eigenvalue weighted by Crippen LogP contribution is 2.48. The van der Waals surface area contributed by atoms with E-state index in [2.05, 4.69) is 23.6 Å². The van der Waals surface area contributed by atoms with Gasteiger partial charge in [0.1, 0.15) is 12.6 Å². The Morgan fingerprint density at radius 2 is 2.20 bits per heavy atom. The zero-order valence-electron chi connectivity index (χ0n) is 12.8. The molecule has 0 aromatic carbocycles. The number of likely N-dealkylation sites (N-methyl/N-ethyl adjacent to an activating group) is 1. The summed E-state index contributed by atoms with van der Waals surface area (Å²) >= 11 is 0. The van der Waals surface area contributed by atoms with Gasteiger partial charge in [0.15, 0.2) is 0 Å². The van der Waals surface area contributed by atoms with Gasteiger partial charge in [-0.1, -0.05) is 25.6 Å². The molecule has 0 N–H and O–H groups in total. The number of rotatable bonds is 4. The molecule has 20 heavy (non-hydrogen) atoms. The summed E-state index contributed by atoms with van der Waals surface area (Å²) in [7, 11) is 3.01. The molecule has 1 aliphatic carbocycles. The number of esters is 1. The Hall–Kier alpha value is -1.36. The normalized spacial score (nSPS) is 35.4. The maximum Gasteiger partial charge on any atom is 0.326 e. The van der Waals surface area contributed by atoms with E-state index in [0.717, 1.165) is 37.1 Å². The van der Waals surface area contributed by atoms with Crippen LogP contribution in [0, 0.1) is 5.92 Å². The molecule has 3 unspecified atom stereocenters. The van der Waals surface area contributed by atoms with Gasteiger partial charge in [-0.25, -0.2) is 0 Å². The van der Waals surface area contributed by atoms with Gasteiger partial charge in [0, 0.05) is 12.0 Å². The minimum Gasteiger partial charge on any atom is -0.468 e. The Kier molecular flexibility index (Phi) is 4.18. The predicted molar refractivity (Wildman–Crippen MR) is 77.5 cm³/mol. The van der Waals surface area contributed by atoms with Crippen molar-refractivity contribution >= 4 is 11.7 Å². The lowest BCUT2D eigenvalue weighted by molar-refractivity contribution is -0.154. The molecule has 0 aromatic heterocycles. The van der Waals surface area contributed by atoms with Crippen LogP contribution in [0.4, 0.5) is 0 Å². The number of oxime groups is 1. The van der Waals surface area contributed by atoms with Gasteiger partial charge in [0.2, 0.25) is 0 Å². The number of methoxy groups -OCH3 is 1. The van der Waals surface area contributed by atoms with Crippen molar-refractivity contribution in [2.45, 2.75) is 44.7 Å². The van der Waals surface area contributed by atoms with Crippen LogP contribution in [0.1, 0.15) is 33.1 Å². The molecule has 1 heterocycles. The summed E-state index contributed by atoms with van der Waals surface area (Å²) in [6.07, 6.45) is 2.32. The molecule has 3 atom stereocenters. The number of fused-ring (bicyclic) bond motifs is 1. The van der Waals surface area contributed by atoms with Crippen LogP contribution in [0.25, 0.3) is 0 Å². The molecule has 1 saturated heterocycles. The number of hydrogen-bond donors (Lipinski definition) is 0. The first-order chi connectivity index (χ1) is 9.55. The molecule has 1 aliphatic heterocycles. The largest absolute Gasteiger partial charge is 0.468 e. The average molecular weight is 280 g/mol. The number of likely N-dealkylation sites (tertiary alicyclic amines) is 1.